The molecule has 0 aliphatic heterocycles. The number of benzene rings is 1. The Morgan fingerprint density at radius 3 is 2.95 bits per heavy atom. The average molecular weight is 289 g/mol. The number of pyridine rings is 1. The Morgan fingerprint density at radius 2 is 2.19 bits per heavy atom. The number of aromatic nitrogens is 1. The third-order valence-corrected chi connectivity index (χ3v) is 2.81. The summed E-state index contributed by atoms with van der Waals surface area (Å²) in [6.45, 7) is 0.393. The average Bonchev–Trinajstić information content (AvgIpc) is 2.48. The molecular formula is C15H16FN3O2. The first-order chi connectivity index (χ1) is 10.2. The van der Waals surface area contributed by atoms with E-state index < -0.39 is 0 Å². The first kappa shape index (κ1) is 14.8. The second kappa shape index (κ2) is 7.23. The molecule has 0 saturated heterocycles. The van der Waals surface area contributed by atoms with E-state index in [-0.39, 0.29) is 11.8 Å². The van der Waals surface area contributed by atoms with Gasteiger partial charge in [0.15, 0.2) is 11.6 Å². The number of halogens is 1. The number of nitrogens with zero attached hydrogens (tertiary/aromatic N) is 1. The van der Waals surface area contributed by atoms with Crippen LogP contribution in [0.2, 0.25) is 0 Å². The van der Waals surface area contributed by atoms with Gasteiger partial charge in [-0.1, -0.05) is 12.1 Å². The van der Waals surface area contributed by atoms with Crippen LogP contribution < -0.4 is 15.4 Å². The predicted octanol–water partition coefficient (Wildman–Crippen LogP) is 2.59. The number of rotatable bonds is 5. The van der Waals surface area contributed by atoms with E-state index in [4.69, 9.17) is 4.74 Å². The van der Waals surface area contributed by atoms with Gasteiger partial charge in [0.1, 0.15) is 5.82 Å². The summed E-state index contributed by atoms with van der Waals surface area (Å²) in [5, 5.41) is 5.28. The Kier molecular flexibility index (Phi) is 5.09. The molecule has 0 atom stereocenters. The minimum Gasteiger partial charge on any atom is -0.493 e. The van der Waals surface area contributed by atoms with Crippen molar-refractivity contribution in [3.05, 3.63) is 54.0 Å². The Labute approximate surface area is 122 Å². The van der Waals surface area contributed by atoms with Crippen LogP contribution in [0.3, 0.4) is 0 Å². The summed E-state index contributed by atoms with van der Waals surface area (Å²) in [5.74, 6) is 0.552. The summed E-state index contributed by atoms with van der Waals surface area (Å²) < 4.78 is 18.1. The van der Waals surface area contributed by atoms with E-state index in [2.05, 4.69) is 15.6 Å². The van der Waals surface area contributed by atoms with Crippen LogP contribution in [0.1, 0.15) is 5.56 Å². The molecule has 0 fully saturated rings. The molecule has 0 radical (unpaired) electrons. The quantitative estimate of drug-likeness (QED) is 0.889. The second-order valence-corrected chi connectivity index (χ2v) is 4.32. The molecule has 2 amide bonds. The topological polar surface area (TPSA) is 63.2 Å². The smallest absolute Gasteiger partial charge is 0.320 e. The lowest BCUT2D eigenvalue weighted by molar-refractivity contribution is 0.252. The number of urea groups is 1. The molecule has 0 bridgehead atoms. The monoisotopic (exact) mass is 289 g/mol. The van der Waals surface area contributed by atoms with Crippen molar-refractivity contribution in [2.75, 3.05) is 19.0 Å². The van der Waals surface area contributed by atoms with Gasteiger partial charge in [0.05, 0.1) is 7.11 Å². The van der Waals surface area contributed by atoms with Crippen molar-refractivity contribution in [2.24, 2.45) is 0 Å². The van der Waals surface area contributed by atoms with Gasteiger partial charge in [0, 0.05) is 12.7 Å². The summed E-state index contributed by atoms with van der Waals surface area (Å²) in [7, 11) is 1.50. The summed E-state index contributed by atoms with van der Waals surface area (Å²) >= 11 is 0. The minimum atomic E-state index is -0.386. The molecule has 0 aliphatic rings. The Morgan fingerprint density at radius 1 is 1.33 bits per heavy atom. The van der Waals surface area contributed by atoms with Crippen LogP contribution in [-0.4, -0.2) is 24.7 Å². The van der Waals surface area contributed by atoms with E-state index >= 15 is 0 Å². The van der Waals surface area contributed by atoms with Crippen LogP contribution in [0.25, 0.3) is 0 Å². The lowest BCUT2D eigenvalue weighted by Crippen LogP contribution is -2.30. The number of carbonyl (C=O) groups is 1. The van der Waals surface area contributed by atoms with Crippen molar-refractivity contribution in [1.29, 1.82) is 0 Å². The molecule has 1 heterocycles. The van der Waals surface area contributed by atoms with Crippen molar-refractivity contribution < 1.29 is 13.9 Å². The van der Waals surface area contributed by atoms with Crippen LogP contribution in [0.5, 0.6) is 5.75 Å². The highest BCUT2D eigenvalue weighted by molar-refractivity contribution is 5.89. The number of nitrogens with one attached hydrogen (secondary N) is 2. The van der Waals surface area contributed by atoms with Gasteiger partial charge in [-0.2, -0.15) is 0 Å². The highest BCUT2D eigenvalue weighted by Gasteiger charge is 2.07. The first-order valence-electron chi connectivity index (χ1n) is 6.47. The SMILES string of the molecule is COc1cccnc1NC(=O)NCCc1cccc(F)c1. The largest absolute Gasteiger partial charge is 0.493 e. The lowest BCUT2D eigenvalue weighted by atomic mass is 10.1. The van der Waals surface area contributed by atoms with Crippen molar-refractivity contribution in [3.63, 3.8) is 0 Å². The maximum absolute atomic E-state index is 13.0. The molecule has 2 N–H and O–H groups in total. The third-order valence-electron chi connectivity index (χ3n) is 2.81. The fraction of sp³-hybridized carbons (Fsp3) is 0.200. The molecule has 0 spiro atoms. The van der Waals surface area contributed by atoms with Crippen LogP contribution >= 0.6 is 0 Å². The standard InChI is InChI=1S/C15H16FN3O2/c1-21-13-6-3-8-17-14(13)19-15(20)18-9-7-11-4-2-5-12(16)10-11/h2-6,8,10H,7,9H2,1H3,(H2,17,18,19,20). The predicted molar refractivity (Wildman–Crippen MR) is 77.9 cm³/mol. The molecule has 21 heavy (non-hydrogen) atoms. The van der Waals surface area contributed by atoms with Gasteiger partial charge < -0.3 is 10.1 Å². The number of hydrogen-bond donors (Lipinski definition) is 2. The second-order valence-electron chi connectivity index (χ2n) is 4.32. The minimum absolute atomic E-state index is 0.282. The normalized spacial score (nSPS) is 10.0. The molecule has 2 aromatic rings. The van der Waals surface area contributed by atoms with Crippen LogP contribution in [0, 0.1) is 5.82 Å². The van der Waals surface area contributed by atoms with E-state index in [1.807, 2.05) is 6.07 Å². The molecule has 1 aromatic carbocycles. The van der Waals surface area contributed by atoms with E-state index in [1.54, 1.807) is 24.4 Å². The molecule has 1 aromatic heterocycles. The zero-order valence-electron chi connectivity index (χ0n) is 11.6. The Balaban J connectivity index is 1.82. The van der Waals surface area contributed by atoms with Gasteiger partial charge in [-0.15, -0.1) is 0 Å². The fourth-order valence-electron chi connectivity index (χ4n) is 1.81. The molecule has 0 unspecified atom stereocenters. The first-order valence-corrected chi connectivity index (χ1v) is 6.47. The highest BCUT2D eigenvalue weighted by atomic mass is 19.1. The maximum atomic E-state index is 13.0. The number of amides is 2. The van der Waals surface area contributed by atoms with E-state index in [0.717, 1.165) is 5.56 Å². The molecule has 6 heteroatoms. The molecule has 0 saturated carbocycles. The number of hydrogen-bond acceptors (Lipinski definition) is 3. The van der Waals surface area contributed by atoms with Gasteiger partial charge in [-0.3, -0.25) is 5.32 Å². The van der Waals surface area contributed by atoms with Gasteiger partial charge in [0.25, 0.3) is 0 Å². The summed E-state index contributed by atoms with van der Waals surface area (Å²) in [4.78, 5) is 15.8. The van der Waals surface area contributed by atoms with E-state index in [9.17, 15) is 9.18 Å². The number of anilines is 1. The van der Waals surface area contributed by atoms with Gasteiger partial charge in [-0.25, -0.2) is 14.2 Å². The van der Waals surface area contributed by atoms with Crippen molar-refractivity contribution >= 4 is 11.8 Å². The molecule has 5 nitrogen and oxygen atoms in total. The van der Waals surface area contributed by atoms with E-state index in [1.165, 1.54) is 19.2 Å². The third kappa shape index (κ3) is 4.45. The lowest BCUT2D eigenvalue weighted by Gasteiger charge is -2.09. The van der Waals surface area contributed by atoms with Gasteiger partial charge >= 0.3 is 6.03 Å². The van der Waals surface area contributed by atoms with Crippen LogP contribution in [0.15, 0.2) is 42.6 Å². The van der Waals surface area contributed by atoms with Crippen molar-refractivity contribution in [3.8, 4) is 5.75 Å². The number of methoxy groups -OCH3 is 1. The van der Waals surface area contributed by atoms with Crippen molar-refractivity contribution in [2.45, 2.75) is 6.42 Å². The van der Waals surface area contributed by atoms with Crippen molar-refractivity contribution in [1.82, 2.24) is 10.3 Å². The summed E-state index contributed by atoms with van der Waals surface area (Å²) in [6.07, 6.45) is 2.11. The molecule has 2 rings (SSSR count). The van der Waals surface area contributed by atoms with E-state index in [0.29, 0.717) is 24.5 Å². The number of ether oxygens (including phenoxy) is 1. The number of carbonyl (C=O) groups excluding carboxylic acids is 1. The zero-order chi connectivity index (χ0) is 15.1. The Hall–Kier alpha value is -2.63. The molecule has 0 aliphatic carbocycles. The molecule has 110 valence electrons. The highest BCUT2D eigenvalue weighted by Crippen LogP contribution is 2.19. The summed E-state index contributed by atoms with van der Waals surface area (Å²) in [5.41, 5.74) is 0.825. The van der Waals surface area contributed by atoms with Crippen LogP contribution in [-0.2, 0) is 6.42 Å². The molecular weight excluding hydrogens is 273 g/mol. The Bertz CT molecular complexity index is 619. The van der Waals surface area contributed by atoms with Gasteiger partial charge in [0.2, 0.25) is 0 Å². The van der Waals surface area contributed by atoms with Crippen LogP contribution in [0.4, 0.5) is 15.0 Å². The van der Waals surface area contributed by atoms with Gasteiger partial charge in [-0.05, 0) is 36.2 Å². The summed E-state index contributed by atoms with van der Waals surface area (Å²) in [6, 6.07) is 9.32. The zero-order valence-corrected chi connectivity index (χ0v) is 11.6. The maximum Gasteiger partial charge on any atom is 0.320 e. The fourth-order valence-corrected chi connectivity index (χ4v) is 1.81.